The number of benzene rings is 1. The molecule has 3 rings (SSSR count). The smallest absolute Gasteiger partial charge is 0.126 e. The lowest BCUT2D eigenvalue weighted by atomic mass is 10.00. The van der Waals surface area contributed by atoms with Crippen LogP contribution >= 0.6 is 12.2 Å². The van der Waals surface area contributed by atoms with Crippen LogP contribution in [0.4, 0.5) is 10.2 Å². The summed E-state index contributed by atoms with van der Waals surface area (Å²) in [6.45, 7) is 5.18. The average molecular weight is 341 g/mol. The first-order valence-corrected chi connectivity index (χ1v) is 8.43. The van der Waals surface area contributed by atoms with E-state index >= 15 is 0 Å². The normalized spacial score (nSPS) is 14.2. The second-order valence-corrected chi connectivity index (χ2v) is 6.78. The monoisotopic (exact) mass is 341 g/mol. The van der Waals surface area contributed by atoms with E-state index in [1.165, 1.54) is 12.1 Å². The molecule has 2 aromatic rings. The van der Waals surface area contributed by atoms with Gasteiger partial charge in [-0.05, 0) is 41.3 Å². The minimum Gasteiger partial charge on any atom is -0.370 e. The molecule has 0 aliphatic carbocycles. The summed E-state index contributed by atoms with van der Waals surface area (Å²) >= 11 is 5.36. The fourth-order valence-corrected chi connectivity index (χ4v) is 2.89. The van der Waals surface area contributed by atoms with E-state index in [9.17, 15) is 4.39 Å². The van der Waals surface area contributed by atoms with Gasteiger partial charge in [-0.25, -0.2) is 9.37 Å². The maximum absolute atomic E-state index is 13.2. The molecule has 0 saturated heterocycles. The Labute approximate surface area is 147 Å². The molecule has 3 nitrogen and oxygen atoms in total. The molecule has 0 spiro atoms. The number of aromatic nitrogens is 1. The van der Waals surface area contributed by atoms with Gasteiger partial charge in [0.05, 0.1) is 10.7 Å². The van der Waals surface area contributed by atoms with E-state index in [0.29, 0.717) is 12.3 Å². The summed E-state index contributed by atoms with van der Waals surface area (Å²) in [6.07, 6.45) is 2.45. The molecule has 1 aromatic carbocycles. The van der Waals surface area contributed by atoms with E-state index in [4.69, 9.17) is 12.2 Å². The Morgan fingerprint density at radius 2 is 1.96 bits per heavy atom. The second kappa shape index (κ2) is 7.09. The highest BCUT2D eigenvalue weighted by Gasteiger charge is 2.21. The highest BCUT2D eigenvalue weighted by molar-refractivity contribution is 7.80. The number of anilines is 1. The molecule has 5 heteroatoms. The summed E-state index contributed by atoms with van der Waals surface area (Å²) in [5.74, 6) is 1.15. The lowest BCUT2D eigenvalue weighted by Gasteiger charge is -2.12. The Balaban J connectivity index is 1.95. The van der Waals surface area contributed by atoms with Crippen LogP contribution in [0.2, 0.25) is 0 Å². The van der Waals surface area contributed by atoms with Gasteiger partial charge in [0.1, 0.15) is 11.6 Å². The van der Waals surface area contributed by atoms with Crippen molar-refractivity contribution < 1.29 is 4.39 Å². The van der Waals surface area contributed by atoms with Crippen LogP contribution < -0.4 is 10.6 Å². The zero-order chi connectivity index (χ0) is 17.1. The Hall–Kier alpha value is -2.27. The number of nitrogens with one attached hydrogen (secondary N) is 2. The molecule has 0 saturated carbocycles. The van der Waals surface area contributed by atoms with Crippen molar-refractivity contribution in [1.29, 1.82) is 0 Å². The molecule has 1 aromatic heterocycles. The fraction of sp³-hybridized carbons (Fsp3) is 0.263. The Morgan fingerprint density at radius 3 is 2.67 bits per heavy atom. The summed E-state index contributed by atoms with van der Waals surface area (Å²) in [7, 11) is 0. The molecule has 0 unspecified atom stereocenters. The van der Waals surface area contributed by atoms with Gasteiger partial charge in [0.25, 0.3) is 0 Å². The van der Waals surface area contributed by atoms with Gasteiger partial charge in [-0.1, -0.05) is 38.2 Å². The molecule has 0 radical (unpaired) electrons. The predicted molar refractivity (Wildman–Crippen MR) is 101 cm³/mol. The second-order valence-electron chi connectivity index (χ2n) is 6.29. The highest BCUT2D eigenvalue weighted by atomic mass is 32.1. The summed E-state index contributed by atoms with van der Waals surface area (Å²) in [5.41, 5.74) is 4.06. The van der Waals surface area contributed by atoms with Gasteiger partial charge in [-0.2, -0.15) is 0 Å². The minimum atomic E-state index is -0.237. The third-order valence-electron chi connectivity index (χ3n) is 3.84. The van der Waals surface area contributed by atoms with Crippen LogP contribution in [0.25, 0.3) is 11.3 Å². The molecule has 2 N–H and O–H groups in total. The van der Waals surface area contributed by atoms with E-state index in [-0.39, 0.29) is 5.82 Å². The lowest BCUT2D eigenvalue weighted by molar-refractivity contribution is 0.627. The molecule has 24 heavy (non-hydrogen) atoms. The maximum Gasteiger partial charge on any atom is 0.126 e. The molecule has 0 amide bonds. The molecule has 124 valence electrons. The molecular formula is C19H20FN3S. The first-order chi connectivity index (χ1) is 11.5. The van der Waals surface area contributed by atoms with E-state index in [2.05, 4.69) is 29.5 Å². The van der Waals surface area contributed by atoms with Crippen molar-refractivity contribution in [3.8, 4) is 0 Å². The van der Waals surface area contributed by atoms with Gasteiger partial charge in [0.15, 0.2) is 0 Å². The zero-order valence-electron chi connectivity index (χ0n) is 13.8. The fourth-order valence-electron chi connectivity index (χ4n) is 2.64. The number of hydrogen-bond acceptors (Lipinski definition) is 3. The van der Waals surface area contributed by atoms with Crippen LogP contribution in [0.5, 0.6) is 0 Å². The van der Waals surface area contributed by atoms with E-state index in [0.717, 1.165) is 39.7 Å². The number of hydrogen-bond donors (Lipinski definition) is 2. The van der Waals surface area contributed by atoms with Crippen molar-refractivity contribution in [2.75, 3.05) is 11.9 Å². The first-order valence-electron chi connectivity index (χ1n) is 8.02. The van der Waals surface area contributed by atoms with Crippen LogP contribution in [-0.2, 0) is 0 Å². The van der Waals surface area contributed by atoms with Gasteiger partial charge >= 0.3 is 0 Å². The number of halogens is 1. The number of pyridine rings is 1. The van der Waals surface area contributed by atoms with Crippen molar-refractivity contribution in [3.05, 3.63) is 59.5 Å². The number of thiocarbonyl (C=S) groups is 1. The maximum atomic E-state index is 13.2. The van der Waals surface area contributed by atoms with Crippen molar-refractivity contribution in [1.82, 2.24) is 10.3 Å². The molecular weight excluding hydrogens is 321 g/mol. The third kappa shape index (κ3) is 3.79. The summed E-state index contributed by atoms with van der Waals surface area (Å²) in [5, 5.41) is 6.62. The number of nitrogens with zero attached hydrogens (tertiary/aromatic N) is 1. The van der Waals surface area contributed by atoms with Crippen LogP contribution in [0.15, 0.2) is 42.6 Å². The zero-order valence-corrected chi connectivity index (χ0v) is 14.6. The Bertz CT molecular complexity index is 781. The molecule has 1 aliphatic heterocycles. The Morgan fingerprint density at radius 1 is 1.21 bits per heavy atom. The van der Waals surface area contributed by atoms with Crippen LogP contribution in [0, 0.1) is 11.7 Å². The van der Waals surface area contributed by atoms with Crippen LogP contribution in [0.1, 0.15) is 31.4 Å². The molecule has 1 aliphatic rings. The molecule has 0 atom stereocenters. The summed E-state index contributed by atoms with van der Waals surface area (Å²) < 4.78 is 13.2. The van der Waals surface area contributed by atoms with E-state index in [1.54, 1.807) is 18.3 Å². The summed E-state index contributed by atoms with van der Waals surface area (Å²) in [6, 6.07) is 10.5. The number of rotatable bonds is 5. The van der Waals surface area contributed by atoms with Gasteiger partial charge in [-0.3, -0.25) is 0 Å². The van der Waals surface area contributed by atoms with Crippen LogP contribution in [-0.4, -0.2) is 16.5 Å². The van der Waals surface area contributed by atoms with E-state index < -0.39 is 0 Å². The average Bonchev–Trinajstić information content (AvgIpc) is 2.96. The minimum absolute atomic E-state index is 0.237. The van der Waals surface area contributed by atoms with Crippen LogP contribution in [0.3, 0.4) is 0 Å². The Kier molecular flexibility index (Phi) is 4.90. The largest absolute Gasteiger partial charge is 0.370 e. The molecule has 0 bridgehead atoms. The van der Waals surface area contributed by atoms with Gasteiger partial charge in [-0.15, -0.1) is 0 Å². The SMILES string of the molecule is CC(C)CNc1cc(C2=C(c3ccc(F)cc3)CC(=S)N2)ccn1. The quantitative estimate of drug-likeness (QED) is 0.787. The predicted octanol–water partition coefficient (Wildman–Crippen LogP) is 4.48. The van der Waals surface area contributed by atoms with Gasteiger partial charge in [0.2, 0.25) is 0 Å². The standard InChI is InChI=1S/C19H20FN3S/c1-12(2)11-22-17-9-14(7-8-21-17)19-16(10-18(24)23-19)13-3-5-15(20)6-4-13/h3-9,12H,10-11H2,1-2H3,(H,21,22)(H,23,24). The molecule has 2 heterocycles. The van der Waals surface area contributed by atoms with E-state index in [1.807, 2.05) is 12.1 Å². The first kappa shape index (κ1) is 16.6. The van der Waals surface area contributed by atoms with Crippen molar-refractivity contribution >= 4 is 34.3 Å². The molecule has 0 fully saturated rings. The highest BCUT2D eigenvalue weighted by Crippen LogP contribution is 2.33. The van der Waals surface area contributed by atoms with Gasteiger partial charge < -0.3 is 10.6 Å². The lowest BCUT2D eigenvalue weighted by Crippen LogP contribution is -2.13. The topological polar surface area (TPSA) is 37.0 Å². The van der Waals surface area contributed by atoms with Crippen molar-refractivity contribution in [3.63, 3.8) is 0 Å². The third-order valence-corrected chi connectivity index (χ3v) is 4.08. The van der Waals surface area contributed by atoms with Gasteiger partial charge in [0, 0.05) is 24.7 Å². The summed E-state index contributed by atoms with van der Waals surface area (Å²) in [4.78, 5) is 5.14. The van der Waals surface area contributed by atoms with Crippen molar-refractivity contribution in [2.45, 2.75) is 20.3 Å². The van der Waals surface area contributed by atoms with Crippen molar-refractivity contribution in [2.24, 2.45) is 5.92 Å².